The molecule has 1 amide bonds. The quantitative estimate of drug-likeness (QED) is 0.894. The molecule has 128 valence electrons. The molecular weight excluding hydrogens is 328 g/mol. The minimum absolute atomic E-state index is 0.0453. The SMILES string of the molecule is CS(=O)(=O)c1ccc(N2CCCC2C(=O)NCc2ccco2)cc1. The van der Waals surface area contributed by atoms with Crippen molar-refractivity contribution in [3.05, 3.63) is 48.4 Å². The highest BCUT2D eigenvalue weighted by atomic mass is 32.2. The number of carbonyl (C=O) groups excluding carboxylic acids is 1. The summed E-state index contributed by atoms with van der Waals surface area (Å²) in [6, 6.07) is 10.0. The van der Waals surface area contributed by atoms with Gasteiger partial charge in [-0.1, -0.05) is 0 Å². The van der Waals surface area contributed by atoms with Crippen molar-refractivity contribution < 1.29 is 17.6 Å². The van der Waals surface area contributed by atoms with Crippen molar-refractivity contribution in [3.63, 3.8) is 0 Å². The van der Waals surface area contributed by atoms with Crippen LogP contribution in [0.25, 0.3) is 0 Å². The molecule has 1 fully saturated rings. The van der Waals surface area contributed by atoms with Crippen LogP contribution < -0.4 is 10.2 Å². The molecule has 24 heavy (non-hydrogen) atoms. The molecule has 1 aliphatic rings. The van der Waals surface area contributed by atoms with Crippen LogP contribution in [0.2, 0.25) is 0 Å². The molecule has 1 saturated heterocycles. The van der Waals surface area contributed by atoms with E-state index in [0.29, 0.717) is 12.3 Å². The first-order valence-corrected chi connectivity index (χ1v) is 9.71. The van der Waals surface area contributed by atoms with Crippen LogP contribution >= 0.6 is 0 Å². The molecule has 1 aromatic heterocycles. The molecule has 1 atom stereocenters. The number of anilines is 1. The predicted molar refractivity (Wildman–Crippen MR) is 90.5 cm³/mol. The number of hydrogen-bond donors (Lipinski definition) is 1. The first kappa shape index (κ1) is 16.6. The van der Waals surface area contributed by atoms with Crippen LogP contribution in [0.1, 0.15) is 18.6 Å². The zero-order valence-electron chi connectivity index (χ0n) is 13.4. The van der Waals surface area contributed by atoms with E-state index in [9.17, 15) is 13.2 Å². The zero-order valence-corrected chi connectivity index (χ0v) is 14.3. The number of sulfone groups is 1. The third-order valence-electron chi connectivity index (χ3n) is 4.17. The second-order valence-corrected chi connectivity index (χ2v) is 7.93. The second-order valence-electron chi connectivity index (χ2n) is 5.91. The van der Waals surface area contributed by atoms with Crippen LogP contribution in [-0.2, 0) is 21.2 Å². The fraction of sp³-hybridized carbons (Fsp3) is 0.353. The van der Waals surface area contributed by atoms with Gasteiger partial charge in [0.25, 0.3) is 0 Å². The maximum Gasteiger partial charge on any atom is 0.243 e. The Morgan fingerprint density at radius 1 is 1.29 bits per heavy atom. The summed E-state index contributed by atoms with van der Waals surface area (Å²) in [5.41, 5.74) is 0.859. The lowest BCUT2D eigenvalue weighted by Crippen LogP contribution is -2.43. The van der Waals surface area contributed by atoms with Gasteiger partial charge in [-0.2, -0.15) is 0 Å². The molecule has 3 rings (SSSR count). The summed E-state index contributed by atoms with van der Waals surface area (Å²) < 4.78 is 28.3. The Morgan fingerprint density at radius 3 is 2.67 bits per heavy atom. The maximum absolute atomic E-state index is 12.5. The molecule has 7 heteroatoms. The highest BCUT2D eigenvalue weighted by Crippen LogP contribution is 2.26. The number of furan rings is 1. The van der Waals surface area contributed by atoms with Crippen molar-refractivity contribution in [1.29, 1.82) is 0 Å². The molecular formula is C17H20N2O4S. The Balaban J connectivity index is 1.69. The van der Waals surface area contributed by atoms with E-state index >= 15 is 0 Å². The molecule has 0 radical (unpaired) electrons. The topological polar surface area (TPSA) is 79.6 Å². The summed E-state index contributed by atoms with van der Waals surface area (Å²) in [6.45, 7) is 1.14. The molecule has 1 unspecified atom stereocenters. The predicted octanol–water partition coefficient (Wildman–Crippen LogP) is 1.97. The van der Waals surface area contributed by atoms with Gasteiger partial charge >= 0.3 is 0 Å². The van der Waals surface area contributed by atoms with Crippen LogP contribution in [0, 0.1) is 0 Å². The molecule has 0 saturated carbocycles. The molecule has 0 spiro atoms. The van der Waals surface area contributed by atoms with E-state index in [2.05, 4.69) is 5.32 Å². The summed E-state index contributed by atoms with van der Waals surface area (Å²) >= 11 is 0. The van der Waals surface area contributed by atoms with Gasteiger partial charge in [-0.25, -0.2) is 8.42 Å². The smallest absolute Gasteiger partial charge is 0.243 e. The van der Waals surface area contributed by atoms with Crippen molar-refractivity contribution in [2.75, 3.05) is 17.7 Å². The van der Waals surface area contributed by atoms with Gasteiger partial charge in [0.1, 0.15) is 11.8 Å². The molecule has 6 nitrogen and oxygen atoms in total. The van der Waals surface area contributed by atoms with E-state index in [0.717, 1.165) is 25.1 Å². The second kappa shape index (κ2) is 6.68. The molecule has 2 aromatic rings. The average Bonchev–Trinajstić information content (AvgIpc) is 3.23. The van der Waals surface area contributed by atoms with E-state index < -0.39 is 9.84 Å². The summed E-state index contributed by atoms with van der Waals surface area (Å²) in [4.78, 5) is 14.8. The van der Waals surface area contributed by atoms with E-state index in [-0.39, 0.29) is 16.8 Å². The molecule has 0 bridgehead atoms. The van der Waals surface area contributed by atoms with Gasteiger partial charge in [0.2, 0.25) is 5.91 Å². The minimum Gasteiger partial charge on any atom is -0.467 e. The number of rotatable bonds is 5. The number of carbonyl (C=O) groups is 1. The lowest BCUT2D eigenvalue weighted by Gasteiger charge is -2.26. The summed E-state index contributed by atoms with van der Waals surface area (Å²) in [7, 11) is -3.21. The van der Waals surface area contributed by atoms with Crippen LogP contribution in [0.3, 0.4) is 0 Å². The molecule has 1 aliphatic heterocycles. The van der Waals surface area contributed by atoms with Gasteiger partial charge in [0.15, 0.2) is 9.84 Å². The van der Waals surface area contributed by atoms with Crippen molar-refractivity contribution in [3.8, 4) is 0 Å². The summed E-state index contributed by atoms with van der Waals surface area (Å²) in [5, 5.41) is 2.89. The summed E-state index contributed by atoms with van der Waals surface area (Å²) in [5.74, 6) is 0.668. The standard InChI is InChI=1S/C17H20N2O4S/c1-24(21,22)15-8-6-13(7-9-15)19-10-2-5-16(19)17(20)18-12-14-4-3-11-23-14/h3-4,6-9,11,16H,2,5,10,12H2,1H3,(H,18,20). The zero-order chi connectivity index (χ0) is 17.2. The molecule has 1 N–H and O–H groups in total. The highest BCUT2D eigenvalue weighted by molar-refractivity contribution is 7.90. The van der Waals surface area contributed by atoms with Gasteiger partial charge in [-0.3, -0.25) is 4.79 Å². The normalized spacial score (nSPS) is 17.9. The molecule has 0 aliphatic carbocycles. The third kappa shape index (κ3) is 3.62. The first-order chi connectivity index (χ1) is 11.4. The van der Waals surface area contributed by atoms with Crippen LogP contribution in [-0.4, -0.2) is 33.2 Å². The average molecular weight is 348 g/mol. The lowest BCUT2D eigenvalue weighted by atomic mass is 10.2. The van der Waals surface area contributed by atoms with E-state index in [1.54, 1.807) is 36.6 Å². The minimum atomic E-state index is -3.21. The monoisotopic (exact) mass is 348 g/mol. The van der Waals surface area contributed by atoms with Crippen molar-refractivity contribution in [2.24, 2.45) is 0 Å². The van der Waals surface area contributed by atoms with E-state index in [4.69, 9.17) is 4.42 Å². The molecule has 2 heterocycles. The fourth-order valence-electron chi connectivity index (χ4n) is 2.94. The highest BCUT2D eigenvalue weighted by Gasteiger charge is 2.30. The summed E-state index contributed by atoms with van der Waals surface area (Å²) in [6.07, 6.45) is 4.46. The van der Waals surface area contributed by atoms with Crippen molar-refractivity contribution >= 4 is 21.4 Å². The van der Waals surface area contributed by atoms with Crippen LogP contribution in [0.5, 0.6) is 0 Å². The van der Waals surface area contributed by atoms with Gasteiger partial charge in [0.05, 0.1) is 17.7 Å². The van der Waals surface area contributed by atoms with E-state index in [1.807, 2.05) is 11.0 Å². The maximum atomic E-state index is 12.5. The Hall–Kier alpha value is -2.28. The van der Waals surface area contributed by atoms with Gasteiger partial charge < -0.3 is 14.6 Å². The number of nitrogens with one attached hydrogen (secondary N) is 1. The number of hydrogen-bond acceptors (Lipinski definition) is 5. The number of benzene rings is 1. The van der Waals surface area contributed by atoms with Crippen LogP contribution in [0.15, 0.2) is 52.0 Å². The van der Waals surface area contributed by atoms with Gasteiger partial charge in [-0.05, 0) is 49.2 Å². The number of nitrogens with zero attached hydrogens (tertiary/aromatic N) is 1. The van der Waals surface area contributed by atoms with Gasteiger partial charge in [-0.15, -0.1) is 0 Å². The van der Waals surface area contributed by atoms with Crippen molar-refractivity contribution in [1.82, 2.24) is 5.32 Å². The fourth-order valence-corrected chi connectivity index (χ4v) is 3.57. The Morgan fingerprint density at radius 2 is 2.04 bits per heavy atom. The van der Waals surface area contributed by atoms with E-state index in [1.165, 1.54) is 6.26 Å². The lowest BCUT2D eigenvalue weighted by molar-refractivity contribution is -0.122. The van der Waals surface area contributed by atoms with Gasteiger partial charge in [0, 0.05) is 18.5 Å². The first-order valence-electron chi connectivity index (χ1n) is 7.82. The van der Waals surface area contributed by atoms with Crippen LogP contribution in [0.4, 0.5) is 5.69 Å². The number of amides is 1. The Kier molecular flexibility index (Phi) is 4.62. The third-order valence-corrected chi connectivity index (χ3v) is 5.30. The Labute approximate surface area is 141 Å². The Bertz CT molecular complexity index is 798. The molecule has 1 aromatic carbocycles. The largest absolute Gasteiger partial charge is 0.467 e. The van der Waals surface area contributed by atoms with Crippen molar-refractivity contribution in [2.45, 2.75) is 30.3 Å².